The fourth-order valence-corrected chi connectivity index (χ4v) is 2.13. The molecule has 5 heteroatoms. The van der Waals surface area contributed by atoms with Crippen LogP contribution >= 0.6 is 11.6 Å². The topological polar surface area (TPSA) is 45.8 Å². The Morgan fingerprint density at radius 2 is 2.21 bits per heavy atom. The van der Waals surface area contributed by atoms with E-state index in [1.807, 2.05) is 6.92 Å². The van der Waals surface area contributed by atoms with Crippen LogP contribution in [-0.4, -0.2) is 9.97 Å². The molecule has 0 aliphatic carbocycles. The van der Waals surface area contributed by atoms with Gasteiger partial charge in [-0.25, -0.2) is 9.37 Å². The summed E-state index contributed by atoms with van der Waals surface area (Å²) in [6, 6.07) is 5.98. The lowest BCUT2D eigenvalue weighted by molar-refractivity contribution is 0.611. The number of rotatable bonds is 4. The van der Waals surface area contributed by atoms with Crippen LogP contribution < -0.4 is 5.56 Å². The largest absolute Gasteiger partial charge is 0.310 e. The van der Waals surface area contributed by atoms with Crippen molar-refractivity contribution >= 4 is 11.6 Å². The Bertz CT molecular complexity index is 619. The zero-order chi connectivity index (χ0) is 13.8. The van der Waals surface area contributed by atoms with Crippen molar-refractivity contribution in [3.8, 4) is 0 Å². The second-order valence-electron chi connectivity index (χ2n) is 4.31. The van der Waals surface area contributed by atoms with E-state index in [1.165, 1.54) is 12.1 Å². The summed E-state index contributed by atoms with van der Waals surface area (Å²) < 4.78 is 13.7. The first kappa shape index (κ1) is 13.7. The molecule has 0 saturated heterocycles. The summed E-state index contributed by atoms with van der Waals surface area (Å²) in [4.78, 5) is 18.5. The van der Waals surface area contributed by atoms with Crippen LogP contribution in [0, 0.1) is 5.82 Å². The monoisotopic (exact) mass is 280 g/mol. The van der Waals surface area contributed by atoms with Crippen LogP contribution in [0.15, 0.2) is 29.1 Å². The summed E-state index contributed by atoms with van der Waals surface area (Å²) in [5.74, 6) is 0.0407. The molecule has 1 aromatic carbocycles. The van der Waals surface area contributed by atoms with Gasteiger partial charge in [-0.2, -0.15) is 0 Å². The summed E-state index contributed by atoms with van der Waals surface area (Å²) in [6.45, 7) is 2.01. The minimum Gasteiger partial charge on any atom is -0.310 e. The van der Waals surface area contributed by atoms with Gasteiger partial charge in [-0.05, 0) is 18.6 Å². The minimum absolute atomic E-state index is 0.179. The molecule has 0 amide bonds. The van der Waals surface area contributed by atoms with E-state index in [2.05, 4.69) is 9.97 Å². The first-order chi connectivity index (χ1) is 9.10. The molecule has 0 saturated carbocycles. The highest BCUT2D eigenvalue weighted by Gasteiger charge is 2.10. The smallest absolute Gasteiger partial charge is 0.251 e. The van der Waals surface area contributed by atoms with E-state index >= 15 is 0 Å². The van der Waals surface area contributed by atoms with Crippen molar-refractivity contribution in [1.29, 1.82) is 0 Å². The van der Waals surface area contributed by atoms with E-state index in [4.69, 9.17) is 11.6 Å². The number of halogens is 2. The Morgan fingerprint density at radius 3 is 2.89 bits per heavy atom. The van der Waals surface area contributed by atoms with Gasteiger partial charge < -0.3 is 4.98 Å². The fraction of sp³-hybridized carbons (Fsp3) is 0.286. The van der Waals surface area contributed by atoms with Crippen molar-refractivity contribution in [3.05, 3.63) is 62.5 Å². The van der Waals surface area contributed by atoms with Gasteiger partial charge in [0.15, 0.2) is 0 Å². The molecule has 0 aliphatic heterocycles. The highest BCUT2D eigenvalue weighted by molar-refractivity contribution is 6.31. The standard InChI is InChI=1S/C14H14ClFN2O/c1-2-4-9-7-14(19)18-13(17-9)8-10-11(15)5-3-6-12(10)16/h3,5-7H,2,4,8H2,1H3,(H,17,18,19). The average molecular weight is 281 g/mol. The molecule has 0 fully saturated rings. The van der Waals surface area contributed by atoms with Crippen LogP contribution in [0.1, 0.15) is 30.4 Å². The van der Waals surface area contributed by atoms with Crippen molar-refractivity contribution in [2.24, 2.45) is 0 Å². The minimum atomic E-state index is -0.393. The molecule has 1 N–H and O–H groups in total. The van der Waals surface area contributed by atoms with Crippen molar-refractivity contribution in [3.63, 3.8) is 0 Å². The number of nitrogens with one attached hydrogen (secondary N) is 1. The van der Waals surface area contributed by atoms with E-state index in [9.17, 15) is 9.18 Å². The highest BCUT2D eigenvalue weighted by atomic mass is 35.5. The molecule has 19 heavy (non-hydrogen) atoms. The molecule has 0 bridgehead atoms. The third kappa shape index (κ3) is 3.41. The van der Waals surface area contributed by atoms with E-state index < -0.39 is 5.82 Å². The number of aromatic nitrogens is 2. The molecular weight excluding hydrogens is 267 g/mol. The SMILES string of the molecule is CCCc1cc(=O)[nH]c(Cc2c(F)cccc2Cl)n1. The van der Waals surface area contributed by atoms with Gasteiger partial charge in [0, 0.05) is 28.8 Å². The second-order valence-corrected chi connectivity index (χ2v) is 4.72. The second kappa shape index (κ2) is 5.97. The van der Waals surface area contributed by atoms with Crippen LogP contribution in [0.4, 0.5) is 4.39 Å². The van der Waals surface area contributed by atoms with E-state index in [1.54, 1.807) is 12.1 Å². The zero-order valence-electron chi connectivity index (χ0n) is 10.5. The zero-order valence-corrected chi connectivity index (χ0v) is 11.3. The molecule has 0 spiro atoms. The molecule has 0 aliphatic rings. The van der Waals surface area contributed by atoms with E-state index in [0.717, 1.165) is 12.8 Å². The van der Waals surface area contributed by atoms with Gasteiger partial charge in [0.1, 0.15) is 11.6 Å². The van der Waals surface area contributed by atoms with Crippen molar-refractivity contribution in [1.82, 2.24) is 9.97 Å². The molecule has 0 unspecified atom stereocenters. The Hall–Kier alpha value is -1.68. The van der Waals surface area contributed by atoms with Gasteiger partial charge in [-0.1, -0.05) is 31.0 Å². The van der Waals surface area contributed by atoms with Gasteiger partial charge in [0.05, 0.1) is 0 Å². The molecule has 3 nitrogen and oxygen atoms in total. The molecular formula is C14H14ClFN2O. The molecule has 2 rings (SSSR count). The lowest BCUT2D eigenvalue weighted by atomic mass is 10.1. The lowest BCUT2D eigenvalue weighted by Gasteiger charge is -2.06. The van der Waals surface area contributed by atoms with Crippen LogP contribution in [0.3, 0.4) is 0 Å². The van der Waals surface area contributed by atoms with E-state index in [0.29, 0.717) is 22.1 Å². The average Bonchev–Trinajstić information content (AvgIpc) is 2.34. The highest BCUT2D eigenvalue weighted by Crippen LogP contribution is 2.20. The summed E-state index contributed by atoms with van der Waals surface area (Å²) in [6.07, 6.45) is 1.80. The summed E-state index contributed by atoms with van der Waals surface area (Å²) in [7, 11) is 0. The predicted octanol–water partition coefficient (Wildman–Crippen LogP) is 3.11. The van der Waals surface area contributed by atoms with Gasteiger partial charge in [-0.15, -0.1) is 0 Å². The Morgan fingerprint density at radius 1 is 1.42 bits per heavy atom. The Labute approximate surface area is 115 Å². The number of nitrogens with zero attached hydrogens (tertiary/aromatic N) is 1. The number of benzene rings is 1. The third-order valence-electron chi connectivity index (χ3n) is 2.76. The first-order valence-electron chi connectivity index (χ1n) is 6.12. The maximum Gasteiger partial charge on any atom is 0.251 e. The Kier molecular flexibility index (Phi) is 4.32. The number of hydrogen-bond donors (Lipinski definition) is 1. The lowest BCUT2D eigenvalue weighted by Crippen LogP contribution is -2.13. The molecule has 1 heterocycles. The number of aromatic amines is 1. The molecule has 0 radical (unpaired) electrons. The predicted molar refractivity (Wildman–Crippen MR) is 73.1 cm³/mol. The molecule has 100 valence electrons. The van der Waals surface area contributed by atoms with Crippen LogP contribution in [0.25, 0.3) is 0 Å². The van der Waals surface area contributed by atoms with Gasteiger partial charge >= 0.3 is 0 Å². The number of H-pyrrole nitrogens is 1. The third-order valence-corrected chi connectivity index (χ3v) is 3.11. The normalized spacial score (nSPS) is 10.7. The van der Waals surface area contributed by atoms with Gasteiger partial charge in [0.25, 0.3) is 5.56 Å². The van der Waals surface area contributed by atoms with Crippen LogP contribution in [0.2, 0.25) is 5.02 Å². The quantitative estimate of drug-likeness (QED) is 0.935. The first-order valence-corrected chi connectivity index (χ1v) is 6.50. The summed E-state index contributed by atoms with van der Waals surface area (Å²) in [5, 5.41) is 0.337. The van der Waals surface area contributed by atoms with Crippen LogP contribution in [0.5, 0.6) is 0 Å². The van der Waals surface area contributed by atoms with Gasteiger partial charge in [0.2, 0.25) is 0 Å². The van der Waals surface area contributed by atoms with Gasteiger partial charge in [-0.3, -0.25) is 4.79 Å². The van der Waals surface area contributed by atoms with Crippen LogP contribution in [-0.2, 0) is 12.8 Å². The van der Waals surface area contributed by atoms with E-state index in [-0.39, 0.29) is 12.0 Å². The Balaban J connectivity index is 2.35. The van der Waals surface area contributed by atoms with Crippen molar-refractivity contribution < 1.29 is 4.39 Å². The molecule has 0 atom stereocenters. The van der Waals surface area contributed by atoms with Crippen molar-refractivity contribution in [2.45, 2.75) is 26.2 Å². The number of aryl methyl sites for hydroxylation is 1. The molecule has 1 aromatic heterocycles. The fourth-order valence-electron chi connectivity index (χ4n) is 1.90. The summed E-state index contributed by atoms with van der Waals surface area (Å²) in [5.41, 5.74) is 0.843. The maximum atomic E-state index is 13.7. The maximum absolute atomic E-state index is 13.7. The summed E-state index contributed by atoms with van der Waals surface area (Å²) >= 11 is 5.96. The molecule has 2 aromatic rings. The van der Waals surface area contributed by atoms with Crippen molar-refractivity contribution in [2.75, 3.05) is 0 Å². The number of hydrogen-bond acceptors (Lipinski definition) is 2.